The first-order valence-electron chi connectivity index (χ1n) is 7.45. The third-order valence-electron chi connectivity index (χ3n) is 7.01. The summed E-state index contributed by atoms with van der Waals surface area (Å²) in [5.74, 6) is 1.34. The Morgan fingerprint density at radius 3 is 2.11 bits per heavy atom. The van der Waals surface area contributed by atoms with Gasteiger partial charge in [-0.05, 0) is 54.8 Å². The van der Waals surface area contributed by atoms with E-state index in [4.69, 9.17) is 0 Å². The predicted molar refractivity (Wildman–Crippen MR) is 74.2 cm³/mol. The number of hydrogen-bond acceptors (Lipinski definition) is 2. The van der Waals surface area contributed by atoms with Crippen LogP contribution in [0.1, 0.15) is 60.8 Å². The van der Waals surface area contributed by atoms with Crippen molar-refractivity contribution in [1.29, 1.82) is 0 Å². The van der Waals surface area contributed by atoms with Gasteiger partial charge in [-0.25, -0.2) is 0 Å². The first kappa shape index (κ1) is 14.3. The zero-order chi connectivity index (χ0) is 13.9. The van der Waals surface area contributed by atoms with Crippen molar-refractivity contribution in [2.75, 3.05) is 0 Å². The molecule has 2 fully saturated rings. The molecule has 0 aromatic carbocycles. The lowest BCUT2D eigenvalue weighted by Crippen LogP contribution is -2.49. The minimum absolute atomic E-state index is 0.0699. The summed E-state index contributed by atoms with van der Waals surface area (Å²) in [7, 11) is 0. The average Bonchev–Trinajstić information content (AvgIpc) is 2.52. The number of hydrogen-bond donors (Lipinski definition) is 2. The van der Waals surface area contributed by atoms with Gasteiger partial charge in [0.25, 0.3) is 0 Å². The maximum Gasteiger partial charge on any atom is 0.0908 e. The second-order valence-electron chi connectivity index (χ2n) is 8.03. The molecule has 0 amide bonds. The average molecular weight is 254 g/mol. The molecular weight excluding hydrogens is 224 g/mol. The Kier molecular flexibility index (Phi) is 3.15. The summed E-state index contributed by atoms with van der Waals surface area (Å²) in [5, 5.41) is 21.2. The molecule has 4 unspecified atom stereocenters. The van der Waals surface area contributed by atoms with Gasteiger partial charge in [-0.1, -0.05) is 34.6 Å². The highest BCUT2D eigenvalue weighted by Crippen LogP contribution is 2.63. The summed E-state index contributed by atoms with van der Waals surface area (Å²) in [5.41, 5.74) is -0.741. The van der Waals surface area contributed by atoms with Gasteiger partial charge >= 0.3 is 0 Å². The lowest BCUT2D eigenvalue weighted by Gasteiger charge is -2.46. The van der Waals surface area contributed by atoms with E-state index >= 15 is 0 Å². The van der Waals surface area contributed by atoms with Crippen molar-refractivity contribution in [3.8, 4) is 0 Å². The van der Waals surface area contributed by atoms with Crippen LogP contribution < -0.4 is 0 Å². The van der Waals surface area contributed by atoms with Gasteiger partial charge in [-0.2, -0.15) is 0 Å². The second-order valence-corrected chi connectivity index (χ2v) is 8.03. The van der Waals surface area contributed by atoms with Crippen LogP contribution in [0.15, 0.2) is 0 Å². The van der Waals surface area contributed by atoms with Crippen molar-refractivity contribution < 1.29 is 10.2 Å². The molecule has 2 nitrogen and oxygen atoms in total. The Bertz CT molecular complexity index is 334. The van der Waals surface area contributed by atoms with Crippen LogP contribution in [-0.4, -0.2) is 21.9 Å². The minimum atomic E-state index is -0.976. The maximum atomic E-state index is 10.7. The molecule has 2 rings (SSSR count). The van der Waals surface area contributed by atoms with Gasteiger partial charge in [0, 0.05) is 0 Å². The normalized spacial score (nSPS) is 56.0. The van der Waals surface area contributed by atoms with E-state index in [-0.39, 0.29) is 16.7 Å². The van der Waals surface area contributed by atoms with E-state index in [9.17, 15) is 10.2 Å². The molecule has 2 heteroatoms. The highest BCUT2D eigenvalue weighted by atomic mass is 16.3. The van der Waals surface area contributed by atoms with Crippen LogP contribution in [0.2, 0.25) is 0 Å². The number of aliphatic hydroxyl groups is 2. The Morgan fingerprint density at radius 2 is 1.56 bits per heavy atom. The van der Waals surface area contributed by atoms with Crippen molar-refractivity contribution in [1.82, 2.24) is 0 Å². The summed E-state index contributed by atoms with van der Waals surface area (Å²) in [6, 6.07) is 0. The van der Waals surface area contributed by atoms with Crippen molar-refractivity contribution >= 4 is 0 Å². The van der Waals surface area contributed by atoms with Gasteiger partial charge in [-0.15, -0.1) is 0 Å². The van der Waals surface area contributed by atoms with Crippen LogP contribution in [0.3, 0.4) is 0 Å². The van der Waals surface area contributed by atoms with Gasteiger partial charge in [-0.3, -0.25) is 0 Å². The van der Waals surface area contributed by atoms with E-state index in [1.54, 1.807) is 0 Å². The quantitative estimate of drug-likeness (QED) is 0.697. The lowest BCUT2D eigenvalue weighted by molar-refractivity contribution is -0.121. The topological polar surface area (TPSA) is 40.5 Å². The largest absolute Gasteiger partial charge is 0.390 e. The molecule has 18 heavy (non-hydrogen) atoms. The lowest BCUT2D eigenvalue weighted by atomic mass is 9.59. The molecule has 0 aromatic rings. The van der Waals surface area contributed by atoms with Crippen LogP contribution in [-0.2, 0) is 0 Å². The van der Waals surface area contributed by atoms with Crippen LogP contribution >= 0.6 is 0 Å². The van der Waals surface area contributed by atoms with Crippen molar-refractivity contribution in [3.05, 3.63) is 0 Å². The van der Waals surface area contributed by atoms with Gasteiger partial charge < -0.3 is 10.2 Å². The number of fused-ring (bicyclic) bond motifs is 1. The smallest absolute Gasteiger partial charge is 0.0908 e. The molecule has 0 aliphatic heterocycles. The molecule has 106 valence electrons. The van der Waals surface area contributed by atoms with E-state index < -0.39 is 11.7 Å². The third kappa shape index (κ3) is 1.68. The highest BCUT2D eigenvalue weighted by molar-refractivity contribution is 5.09. The third-order valence-corrected chi connectivity index (χ3v) is 7.01. The first-order chi connectivity index (χ1) is 8.04. The molecule has 0 saturated heterocycles. The Balaban J connectivity index is 2.50. The van der Waals surface area contributed by atoms with Crippen molar-refractivity contribution in [2.45, 2.75) is 72.5 Å². The summed E-state index contributed by atoms with van der Waals surface area (Å²) in [6.07, 6.45) is 2.62. The summed E-state index contributed by atoms with van der Waals surface area (Å²) >= 11 is 0. The fourth-order valence-electron chi connectivity index (χ4n) is 4.95. The van der Waals surface area contributed by atoms with Gasteiger partial charge in [0.05, 0.1) is 11.7 Å². The van der Waals surface area contributed by atoms with Crippen LogP contribution in [0.4, 0.5) is 0 Å². The van der Waals surface area contributed by atoms with E-state index in [1.165, 1.54) is 12.8 Å². The van der Waals surface area contributed by atoms with Gasteiger partial charge in [0.2, 0.25) is 0 Å². The molecule has 0 bridgehead atoms. The summed E-state index contributed by atoms with van der Waals surface area (Å²) in [4.78, 5) is 0. The minimum Gasteiger partial charge on any atom is -0.390 e. The van der Waals surface area contributed by atoms with E-state index in [1.807, 2.05) is 6.92 Å². The molecule has 0 radical (unpaired) electrons. The molecule has 2 aliphatic rings. The highest BCUT2D eigenvalue weighted by Gasteiger charge is 2.60. The maximum absolute atomic E-state index is 10.7. The van der Waals surface area contributed by atoms with E-state index in [0.717, 1.165) is 6.42 Å². The molecule has 0 heterocycles. The molecule has 2 N–H and O–H groups in total. The molecule has 6 atom stereocenters. The molecule has 2 aliphatic carbocycles. The standard InChI is InChI=1S/C16H30O2/c1-10-7-8-12-14(3,4)11(2)16(6,18)13(17)9-15(10,12)5/h10-13,17-18H,7-9H2,1-6H3/t10?,11-,12?,13?,15-,16?/m1/s1. The summed E-state index contributed by atoms with van der Waals surface area (Å²) in [6.45, 7) is 13.1. The predicted octanol–water partition coefficient (Wildman–Crippen LogP) is 3.22. The SMILES string of the molecule is CC1CCC2C(C)(C)[C@@H](C)C(C)(O)C(O)C[C@]12C. The fraction of sp³-hybridized carbons (Fsp3) is 1.00. The number of aliphatic hydroxyl groups excluding tert-OH is 1. The Hall–Kier alpha value is -0.0800. The fourth-order valence-corrected chi connectivity index (χ4v) is 4.95. The first-order valence-corrected chi connectivity index (χ1v) is 7.45. The zero-order valence-corrected chi connectivity index (χ0v) is 12.8. The van der Waals surface area contributed by atoms with E-state index in [0.29, 0.717) is 11.8 Å². The molecule has 0 spiro atoms. The van der Waals surface area contributed by atoms with E-state index in [2.05, 4.69) is 34.6 Å². The van der Waals surface area contributed by atoms with Crippen molar-refractivity contribution in [2.24, 2.45) is 28.6 Å². The Labute approximate surface area is 112 Å². The van der Waals surface area contributed by atoms with Crippen molar-refractivity contribution in [3.63, 3.8) is 0 Å². The zero-order valence-electron chi connectivity index (χ0n) is 12.8. The van der Waals surface area contributed by atoms with Crippen LogP contribution in [0.5, 0.6) is 0 Å². The molecular formula is C16H30O2. The second kappa shape index (κ2) is 3.96. The monoisotopic (exact) mass is 254 g/mol. The number of rotatable bonds is 0. The van der Waals surface area contributed by atoms with Gasteiger partial charge in [0.15, 0.2) is 0 Å². The molecule has 2 saturated carbocycles. The van der Waals surface area contributed by atoms with Gasteiger partial charge in [0.1, 0.15) is 0 Å². The molecule has 0 aromatic heterocycles. The summed E-state index contributed by atoms with van der Waals surface area (Å²) < 4.78 is 0. The van der Waals surface area contributed by atoms with Crippen LogP contribution in [0.25, 0.3) is 0 Å². The Morgan fingerprint density at radius 1 is 1.00 bits per heavy atom. The van der Waals surface area contributed by atoms with Crippen LogP contribution in [0, 0.1) is 28.6 Å².